The first-order chi connectivity index (χ1) is 10.0. The van der Waals surface area contributed by atoms with Crippen molar-refractivity contribution in [2.24, 2.45) is 7.05 Å². The maximum absolute atomic E-state index is 12.1. The lowest BCUT2D eigenvalue weighted by molar-refractivity contribution is 0.305. The number of hydrogen-bond donors (Lipinski definition) is 2. The van der Waals surface area contributed by atoms with E-state index in [9.17, 15) is 8.42 Å². The maximum atomic E-state index is 12.1. The molecule has 0 aliphatic rings. The largest absolute Gasteiger partial charge is 0.395 e. The minimum absolute atomic E-state index is 0.0228. The minimum Gasteiger partial charge on any atom is -0.395 e. The van der Waals surface area contributed by atoms with Crippen LogP contribution in [-0.2, 0) is 17.1 Å². The summed E-state index contributed by atoms with van der Waals surface area (Å²) in [7, 11) is -1.98. The van der Waals surface area contributed by atoms with Crippen molar-refractivity contribution in [2.45, 2.75) is 11.4 Å². The Labute approximate surface area is 123 Å². The number of aliphatic hydroxyl groups is 1. The van der Waals surface area contributed by atoms with Gasteiger partial charge in [0.1, 0.15) is 0 Å². The number of sulfonamides is 1. The van der Waals surface area contributed by atoms with Crippen LogP contribution in [0, 0.1) is 11.8 Å². The number of benzene rings is 1. The second kappa shape index (κ2) is 6.43. The predicted octanol–water partition coefficient (Wildman–Crippen LogP) is 0.955. The lowest BCUT2D eigenvalue weighted by Crippen LogP contribution is -2.13. The van der Waals surface area contributed by atoms with Crippen LogP contribution in [0.1, 0.15) is 12.0 Å². The van der Waals surface area contributed by atoms with E-state index in [2.05, 4.69) is 21.5 Å². The van der Waals surface area contributed by atoms with Crippen LogP contribution in [0.4, 0.5) is 5.69 Å². The quantitative estimate of drug-likeness (QED) is 0.824. The van der Waals surface area contributed by atoms with Crippen LogP contribution < -0.4 is 4.72 Å². The smallest absolute Gasteiger partial charge is 0.280 e. The number of nitrogens with zero attached hydrogens (tertiary/aromatic N) is 2. The molecule has 110 valence electrons. The molecule has 0 amide bonds. The van der Waals surface area contributed by atoms with Gasteiger partial charge in [-0.1, -0.05) is 11.8 Å². The highest BCUT2D eigenvalue weighted by Gasteiger charge is 2.16. The zero-order chi connectivity index (χ0) is 15.3. The monoisotopic (exact) mass is 305 g/mol. The summed E-state index contributed by atoms with van der Waals surface area (Å²) in [6.07, 6.45) is 3.26. The fourth-order valence-corrected chi connectivity index (χ4v) is 2.62. The van der Waals surface area contributed by atoms with Gasteiger partial charge >= 0.3 is 0 Å². The minimum atomic E-state index is -3.68. The third kappa shape index (κ3) is 4.08. The summed E-state index contributed by atoms with van der Waals surface area (Å²) in [5.41, 5.74) is 1.19. The van der Waals surface area contributed by atoms with Crippen molar-refractivity contribution in [1.82, 2.24) is 9.55 Å². The molecule has 1 heterocycles. The predicted molar refractivity (Wildman–Crippen MR) is 79.0 cm³/mol. The summed E-state index contributed by atoms with van der Waals surface area (Å²) >= 11 is 0. The molecule has 0 bridgehead atoms. The first-order valence-corrected chi connectivity index (χ1v) is 7.70. The van der Waals surface area contributed by atoms with Gasteiger partial charge in [-0.05, 0) is 24.3 Å². The van der Waals surface area contributed by atoms with Crippen molar-refractivity contribution in [2.75, 3.05) is 11.3 Å². The third-order valence-electron chi connectivity index (χ3n) is 2.56. The number of rotatable bonds is 4. The SMILES string of the molecule is Cn1cnc(S(=O)(=O)Nc2ccc(C#CCCO)cc2)c1. The van der Waals surface area contributed by atoms with E-state index in [1.54, 1.807) is 35.9 Å². The van der Waals surface area contributed by atoms with Gasteiger partial charge in [0.2, 0.25) is 0 Å². The van der Waals surface area contributed by atoms with E-state index >= 15 is 0 Å². The molecule has 0 aliphatic carbocycles. The Bertz CT molecular complexity index is 768. The Hall–Kier alpha value is -2.30. The van der Waals surface area contributed by atoms with E-state index in [1.165, 1.54) is 12.5 Å². The molecule has 6 nitrogen and oxygen atoms in total. The van der Waals surface area contributed by atoms with Gasteiger partial charge in [0, 0.05) is 30.9 Å². The van der Waals surface area contributed by atoms with E-state index in [4.69, 9.17) is 5.11 Å². The number of aryl methyl sites for hydroxylation is 1. The molecular weight excluding hydrogens is 290 g/mol. The molecule has 1 aromatic carbocycles. The molecule has 0 unspecified atom stereocenters. The van der Waals surface area contributed by atoms with Crippen molar-refractivity contribution in [3.8, 4) is 11.8 Å². The average molecular weight is 305 g/mol. The molecule has 2 rings (SSSR count). The number of aliphatic hydroxyl groups excluding tert-OH is 1. The number of aromatic nitrogens is 2. The van der Waals surface area contributed by atoms with E-state index in [0.29, 0.717) is 12.1 Å². The van der Waals surface area contributed by atoms with Crippen LogP contribution in [0.25, 0.3) is 0 Å². The van der Waals surface area contributed by atoms with Gasteiger partial charge in [0.05, 0.1) is 12.9 Å². The Morgan fingerprint density at radius 2 is 2.05 bits per heavy atom. The van der Waals surface area contributed by atoms with Gasteiger partial charge < -0.3 is 9.67 Å². The molecule has 1 aromatic heterocycles. The van der Waals surface area contributed by atoms with Gasteiger partial charge in [0.25, 0.3) is 10.0 Å². The van der Waals surface area contributed by atoms with Gasteiger partial charge in [0.15, 0.2) is 5.03 Å². The molecule has 0 radical (unpaired) electrons. The highest BCUT2D eigenvalue weighted by atomic mass is 32.2. The molecule has 0 aliphatic heterocycles. The standard InChI is InChI=1S/C14H15N3O3S/c1-17-10-14(15-11-17)21(19,20)16-13-7-5-12(6-8-13)4-2-3-9-18/h5-8,10-11,16,18H,3,9H2,1H3. The molecule has 0 atom stereocenters. The topological polar surface area (TPSA) is 84.2 Å². The average Bonchev–Trinajstić information content (AvgIpc) is 2.88. The van der Waals surface area contributed by atoms with Crippen LogP contribution >= 0.6 is 0 Å². The Balaban J connectivity index is 2.12. The third-order valence-corrected chi connectivity index (χ3v) is 3.83. The Morgan fingerprint density at radius 1 is 1.33 bits per heavy atom. The lowest BCUT2D eigenvalue weighted by atomic mass is 10.2. The van der Waals surface area contributed by atoms with Crippen LogP contribution in [-0.4, -0.2) is 29.7 Å². The van der Waals surface area contributed by atoms with E-state index in [0.717, 1.165) is 5.56 Å². The number of nitrogens with one attached hydrogen (secondary N) is 1. The first kappa shape index (κ1) is 15.1. The number of hydrogen-bond acceptors (Lipinski definition) is 4. The van der Waals surface area contributed by atoms with Crippen LogP contribution in [0.3, 0.4) is 0 Å². The molecule has 2 N–H and O–H groups in total. The fourth-order valence-electron chi connectivity index (χ4n) is 1.58. The zero-order valence-corrected chi connectivity index (χ0v) is 12.3. The fraction of sp³-hybridized carbons (Fsp3) is 0.214. The van der Waals surface area contributed by atoms with E-state index in [-0.39, 0.29) is 11.6 Å². The maximum Gasteiger partial charge on any atom is 0.280 e. The van der Waals surface area contributed by atoms with Crippen LogP contribution in [0.5, 0.6) is 0 Å². The number of anilines is 1. The van der Waals surface area contributed by atoms with Crippen molar-refractivity contribution < 1.29 is 13.5 Å². The summed E-state index contributed by atoms with van der Waals surface area (Å²) in [5.74, 6) is 5.66. The second-order valence-corrected chi connectivity index (χ2v) is 5.96. The summed E-state index contributed by atoms with van der Waals surface area (Å²) in [6.45, 7) is 0.0228. The molecule has 0 spiro atoms. The molecule has 2 aromatic rings. The van der Waals surface area contributed by atoms with E-state index in [1.807, 2.05) is 0 Å². The normalized spacial score (nSPS) is 10.8. The summed E-state index contributed by atoms with van der Waals surface area (Å²) in [5, 5.41) is 8.61. The van der Waals surface area contributed by atoms with Crippen LogP contribution in [0.15, 0.2) is 41.8 Å². The van der Waals surface area contributed by atoms with Gasteiger partial charge in [-0.2, -0.15) is 8.42 Å². The summed E-state index contributed by atoms with van der Waals surface area (Å²) < 4.78 is 28.2. The zero-order valence-electron chi connectivity index (χ0n) is 11.4. The number of imidazole rings is 1. The second-order valence-electron chi connectivity index (χ2n) is 4.34. The lowest BCUT2D eigenvalue weighted by Gasteiger charge is -2.05. The van der Waals surface area contributed by atoms with Crippen molar-refractivity contribution in [3.05, 3.63) is 42.4 Å². The highest BCUT2D eigenvalue weighted by molar-refractivity contribution is 7.92. The first-order valence-electron chi connectivity index (χ1n) is 6.22. The molecule has 0 saturated carbocycles. The van der Waals surface area contributed by atoms with Gasteiger partial charge in [-0.15, -0.1) is 0 Å². The highest BCUT2D eigenvalue weighted by Crippen LogP contribution is 2.14. The Kier molecular flexibility index (Phi) is 4.62. The van der Waals surface area contributed by atoms with Crippen molar-refractivity contribution in [3.63, 3.8) is 0 Å². The molecule has 21 heavy (non-hydrogen) atoms. The van der Waals surface area contributed by atoms with Crippen molar-refractivity contribution in [1.29, 1.82) is 0 Å². The Morgan fingerprint density at radius 3 is 2.62 bits per heavy atom. The van der Waals surface area contributed by atoms with Crippen molar-refractivity contribution >= 4 is 15.7 Å². The van der Waals surface area contributed by atoms with Gasteiger partial charge in [-0.3, -0.25) is 4.72 Å². The summed E-state index contributed by atoms with van der Waals surface area (Å²) in [4.78, 5) is 3.82. The molecule has 0 fully saturated rings. The van der Waals surface area contributed by atoms with E-state index < -0.39 is 10.0 Å². The summed E-state index contributed by atoms with van der Waals surface area (Å²) in [6, 6.07) is 6.67. The van der Waals surface area contributed by atoms with Gasteiger partial charge in [-0.25, -0.2) is 4.98 Å². The molecule has 7 heteroatoms. The molecular formula is C14H15N3O3S. The van der Waals surface area contributed by atoms with Crippen LogP contribution in [0.2, 0.25) is 0 Å². The molecule has 0 saturated heterocycles.